The first-order chi connectivity index (χ1) is 5.96. The fraction of sp³-hybridized carbons (Fsp3) is 0.900. The van der Waals surface area contributed by atoms with E-state index in [0.717, 1.165) is 19.5 Å². The maximum absolute atomic E-state index is 10.8. The normalized spacial score (nSPS) is 29.8. The summed E-state index contributed by atoms with van der Waals surface area (Å²) in [5, 5.41) is 8.86. The van der Waals surface area contributed by atoms with Gasteiger partial charge in [0.1, 0.15) is 0 Å². The van der Waals surface area contributed by atoms with Crippen molar-refractivity contribution >= 4 is 5.97 Å². The Morgan fingerprint density at radius 2 is 2.23 bits per heavy atom. The summed E-state index contributed by atoms with van der Waals surface area (Å²) in [7, 11) is 2.06. The second-order valence-corrected chi connectivity index (χ2v) is 4.58. The molecule has 3 nitrogen and oxygen atoms in total. The Hall–Kier alpha value is -0.570. The van der Waals surface area contributed by atoms with Crippen molar-refractivity contribution < 1.29 is 9.90 Å². The molecule has 0 aromatic heterocycles. The minimum atomic E-state index is -0.663. The van der Waals surface area contributed by atoms with Crippen molar-refractivity contribution in [3.63, 3.8) is 0 Å². The van der Waals surface area contributed by atoms with E-state index >= 15 is 0 Å². The summed E-state index contributed by atoms with van der Waals surface area (Å²) >= 11 is 0. The lowest BCUT2D eigenvalue weighted by atomic mass is 9.74. The zero-order valence-corrected chi connectivity index (χ0v) is 8.71. The molecule has 1 aliphatic heterocycles. The monoisotopic (exact) mass is 185 g/mol. The van der Waals surface area contributed by atoms with Gasteiger partial charge in [0.2, 0.25) is 0 Å². The smallest absolute Gasteiger partial charge is 0.303 e. The highest BCUT2D eigenvalue weighted by Crippen LogP contribution is 2.40. The van der Waals surface area contributed by atoms with Crippen LogP contribution in [0.25, 0.3) is 0 Å². The number of hydrogen-bond donors (Lipinski definition) is 1. The SMILES string of the molecule is CC(C)C1(CC(=O)O)CCN(C)C1. The average molecular weight is 185 g/mol. The fourth-order valence-corrected chi connectivity index (χ4v) is 2.23. The third-order valence-electron chi connectivity index (χ3n) is 3.30. The van der Waals surface area contributed by atoms with Gasteiger partial charge >= 0.3 is 5.97 Å². The first-order valence-corrected chi connectivity index (χ1v) is 4.86. The van der Waals surface area contributed by atoms with E-state index in [1.54, 1.807) is 0 Å². The molecule has 1 rings (SSSR count). The highest BCUT2D eigenvalue weighted by molar-refractivity contribution is 5.67. The maximum atomic E-state index is 10.8. The lowest BCUT2D eigenvalue weighted by Crippen LogP contribution is -2.33. The van der Waals surface area contributed by atoms with Gasteiger partial charge in [0.25, 0.3) is 0 Å². The Balaban J connectivity index is 2.71. The summed E-state index contributed by atoms with van der Waals surface area (Å²) < 4.78 is 0. The highest BCUT2D eigenvalue weighted by atomic mass is 16.4. The van der Waals surface area contributed by atoms with Gasteiger partial charge in [0.15, 0.2) is 0 Å². The number of nitrogens with zero attached hydrogens (tertiary/aromatic N) is 1. The topological polar surface area (TPSA) is 40.5 Å². The molecule has 1 fully saturated rings. The molecule has 13 heavy (non-hydrogen) atoms. The van der Waals surface area contributed by atoms with Crippen LogP contribution in [-0.4, -0.2) is 36.1 Å². The molecule has 0 aromatic carbocycles. The molecule has 0 spiro atoms. The van der Waals surface area contributed by atoms with Crippen molar-refractivity contribution in [1.82, 2.24) is 4.90 Å². The summed E-state index contributed by atoms with van der Waals surface area (Å²) in [6, 6.07) is 0. The maximum Gasteiger partial charge on any atom is 0.303 e. The molecule has 76 valence electrons. The summed E-state index contributed by atoms with van der Waals surface area (Å²) in [5.74, 6) is -0.211. The first-order valence-electron chi connectivity index (χ1n) is 4.86. The van der Waals surface area contributed by atoms with Crippen molar-refractivity contribution in [2.24, 2.45) is 11.3 Å². The molecule has 0 radical (unpaired) electrons. The molecule has 1 saturated heterocycles. The van der Waals surface area contributed by atoms with Crippen LogP contribution in [0.5, 0.6) is 0 Å². The minimum absolute atomic E-state index is 0.0145. The van der Waals surface area contributed by atoms with E-state index < -0.39 is 5.97 Å². The van der Waals surface area contributed by atoms with Crippen LogP contribution in [-0.2, 0) is 4.79 Å². The van der Waals surface area contributed by atoms with E-state index in [-0.39, 0.29) is 5.41 Å². The molecule has 0 bridgehead atoms. The standard InChI is InChI=1S/C10H19NO2/c1-8(2)10(6-9(12)13)4-5-11(3)7-10/h8H,4-7H2,1-3H3,(H,12,13). The molecule has 0 amide bonds. The largest absolute Gasteiger partial charge is 0.481 e. The van der Waals surface area contributed by atoms with E-state index in [9.17, 15) is 4.79 Å². The van der Waals surface area contributed by atoms with Gasteiger partial charge in [-0.2, -0.15) is 0 Å². The van der Waals surface area contributed by atoms with E-state index in [0.29, 0.717) is 12.3 Å². The van der Waals surface area contributed by atoms with Crippen molar-refractivity contribution in [2.45, 2.75) is 26.7 Å². The third kappa shape index (κ3) is 2.21. The van der Waals surface area contributed by atoms with Gasteiger partial charge in [-0.3, -0.25) is 4.79 Å². The van der Waals surface area contributed by atoms with E-state index in [4.69, 9.17) is 5.11 Å². The lowest BCUT2D eigenvalue weighted by Gasteiger charge is -2.31. The van der Waals surface area contributed by atoms with Crippen LogP contribution in [0.1, 0.15) is 26.7 Å². The number of aliphatic carboxylic acids is 1. The van der Waals surface area contributed by atoms with Crippen LogP contribution in [0.2, 0.25) is 0 Å². The number of carbonyl (C=O) groups is 1. The Kier molecular flexibility index (Phi) is 2.96. The van der Waals surface area contributed by atoms with Crippen LogP contribution in [0.4, 0.5) is 0 Å². The van der Waals surface area contributed by atoms with Crippen molar-refractivity contribution in [1.29, 1.82) is 0 Å². The zero-order chi connectivity index (χ0) is 10.1. The molecule has 1 unspecified atom stereocenters. The van der Waals surface area contributed by atoms with Crippen LogP contribution in [0, 0.1) is 11.3 Å². The number of hydrogen-bond acceptors (Lipinski definition) is 2. The molecule has 1 atom stereocenters. The van der Waals surface area contributed by atoms with E-state index in [2.05, 4.69) is 25.8 Å². The number of rotatable bonds is 3. The highest BCUT2D eigenvalue weighted by Gasteiger charge is 2.40. The van der Waals surface area contributed by atoms with Crippen molar-refractivity contribution in [2.75, 3.05) is 20.1 Å². The van der Waals surface area contributed by atoms with Crippen LogP contribution < -0.4 is 0 Å². The predicted octanol–water partition coefficient (Wildman–Crippen LogP) is 1.44. The molecule has 1 N–H and O–H groups in total. The van der Waals surface area contributed by atoms with Gasteiger partial charge in [-0.15, -0.1) is 0 Å². The quantitative estimate of drug-likeness (QED) is 0.723. The summed E-state index contributed by atoms with van der Waals surface area (Å²) in [4.78, 5) is 13.0. The Morgan fingerprint density at radius 3 is 2.54 bits per heavy atom. The van der Waals surface area contributed by atoms with Crippen molar-refractivity contribution in [3.05, 3.63) is 0 Å². The van der Waals surface area contributed by atoms with E-state index in [1.165, 1.54) is 0 Å². The molecule has 1 heterocycles. The van der Waals surface area contributed by atoms with Gasteiger partial charge in [-0.25, -0.2) is 0 Å². The van der Waals surface area contributed by atoms with Gasteiger partial charge in [0, 0.05) is 6.54 Å². The lowest BCUT2D eigenvalue weighted by molar-refractivity contribution is -0.140. The van der Waals surface area contributed by atoms with Gasteiger partial charge in [-0.1, -0.05) is 13.8 Å². The Morgan fingerprint density at radius 1 is 1.62 bits per heavy atom. The zero-order valence-electron chi connectivity index (χ0n) is 8.71. The number of carboxylic acids is 1. The fourth-order valence-electron chi connectivity index (χ4n) is 2.23. The molecule has 0 aliphatic carbocycles. The molecule has 0 aromatic rings. The second-order valence-electron chi connectivity index (χ2n) is 4.58. The molecular formula is C10H19NO2. The van der Waals surface area contributed by atoms with Crippen LogP contribution in [0.3, 0.4) is 0 Å². The van der Waals surface area contributed by atoms with Gasteiger partial charge in [0.05, 0.1) is 6.42 Å². The summed E-state index contributed by atoms with van der Waals surface area (Å²) in [5.41, 5.74) is 0.0145. The minimum Gasteiger partial charge on any atom is -0.481 e. The molecule has 1 aliphatic rings. The predicted molar refractivity (Wildman–Crippen MR) is 51.6 cm³/mol. The summed E-state index contributed by atoms with van der Waals surface area (Å²) in [6.07, 6.45) is 1.34. The summed E-state index contributed by atoms with van der Waals surface area (Å²) in [6.45, 7) is 6.21. The van der Waals surface area contributed by atoms with E-state index in [1.807, 2.05) is 0 Å². The van der Waals surface area contributed by atoms with Gasteiger partial charge in [-0.05, 0) is 31.3 Å². The number of likely N-dealkylation sites (tertiary alicyclic amines) is 1. The molecule has 0 saturated carbocycles. The molecule has 3 heteroatoms. The average Bonchev–Trinajstić information content (AvgIpc) is 2.31. The number of carboxylic acid groups (broad SMARTS) is 1. The van der Waals surface area contributed by atoms with Crippen LogP contribution >= 0.6 is 0 Å². The Bertz CT molecular complexity index is 203. The second kappa shape index (κ2) is 3.66. The van der Waals surface area contributed by atoms with Gasteiger partial charge < -0.3 is 10.0 Å². The van der Waals surface area contributed by atoms with Crippen LogP contribution in [0.15, 0.2) is 0 Å². The molecular weight excluding hydrogens is 166 g/mol. The Labute approximate surface area is 79.7 Å². The first kappa shape index (κ1) is 10.5. The van der Waals surface area contributed by atoms with Crippen molar-refractivity contribution in [3.8, 4) is 0 Å². The third-order valence-corrected chi connectivity index (χ3v) is 3.30.